The summed E-state index contributed by atoms with van der Waals surface area (Å²) < 4.78 is 25.8. The van der Waals surface area contributed by atoms with Gasteiger partial charge in [-0.25, -0.2) is 13.6 Å². The van der Waals surface area contributed by atoms with E-state index in [0.29, 0.717) is 16.9 Å². The number of amides is 2. The molecule has 0 atom stereocenters. The molecule has 174 valence electrons. The Kier molecular flexibility index (Phi) is 6.30. The minimum absolute atomic E-state index is 0.00525. The summed E-state index contributed by atoms with van der Waals surface area (Å²) >= 11 is 8.63. The van der Waals surface area contributed by atoms with Crippen LogP contribution < -0.4 is 15.4 Å². The Bertz CT molecular complexity index is 1490. The lowest BCUT2D eigenvalue weighted by Gasteiger charge is -2.29. The quantitative estimate of drug-likeness (QED) is 0.289. The van der Waals surface area contributed by atoms with Gasteiger partial charge in [0.05, 0.1) is 10.6 Å². The SMILES string of the molecule is Cc1cc(/C=C2/C(=O)NC(=S)N(c3cccc(Br)c3)C2=O)c(C)n1-c1ccc(S(N)(=O)=O)cc1. The van der Waals surface area contributed by atoms with Gasteiger partial charge in [-0.05, 0) is 86.2 Å². The summed E-state index contributed by atoms with van der Waals surface area (Å²) in [5.74, 6) is -1.11. The van der Waals surface area contributed by atoms with Crippen LogP contribution >= 0.6 is 28.1 Å². The van der Waals surface area contributed by atoms with E-state index < -0.39 is 21.8 Å². The highest BCUT2D eigenvalue weighted by molar-refractivity contribution is 9.10. The standard InChI is InChI=1S/C23H19BrN4O4S2/c1-13-10-15(14(2)27(13)17-6-8-19(9-7-17)34(25,31)32)11-20-21(29)26-23(33)28(22(20)30)18-5-3-4-16(24)12-18/h3-12H,1-2H3,(H2,25,31,32)(H,26,29,33)/b20-11-. The fraction of sp³-hybridized carbons (Fsp3) is 0.0870. The number of aryl methyl sites for hydroxylation is 1. The number of nitrogens with zero attached hydrogens (tertiary/aromatic N) is 2. The van der Waals surface area contributed by atoms with Gasteiger partial charge in [-0.1, -0.05) is 22.0 Å². The Morgan fingerprint density at radius 3 is 2.32 bits per heavy atom. The molecule has 11 heteroatoms. The van der Waals surface area contributed by atoms with Gasteiger partial charge in [-0.2, -0.15) is 0 Å². The minimum atomic E-state index is -3.80. The zero-order valence-corrected chi connectivity index (χ0v) is 21.3. The zero-order valence-electron chi connectivity index (χ0n) is 18.1. The number of carbonyl (C=O) groups excluding carboxylic acids is 2. The molecule has 0 radical (unpaired) electrons. The maximum atomic E-state index is 13.3. The molecule has 2 aromatic carbocycles. The number of carbonyl (C=O) groups is 2. The van der Waals surface area contributed by atoms with Crippen LogP contribution in [0.2, 0.25) is 0 Å². The lowest BCUT2D eigenvalue weighted by molar-refractivity contribution is -0.122. The number of hydrogen-bond acceptors (Lipinski definition) is 5. The first-order valence-electron chi connectivity index (χ1n) is 9.96. The fourth-order valence-electron chi connectivity index (χ4n) is 3.78. The molecule has 34 heavy (non-hydrogen) atoms. The molecule has 2 amide bonds. The number of nitrogens with two attached hydrogens (primary N) is 1. The van der Waals surface area contributed by atoms with Gasteiger partial charge in [0.2, 0.25) is 10.0 Å². The number of nitrogens with one attached hydrogen (secondary N) is 1. The Morgan fingerprint density at radius 1 is 1.03 bits per heavy atom. The summed E-state index contributed by atoms with van der Waals surface area (Å²) in [5, 5.41) is 7.77. The van der Waals surface area contributed by atoms with Gasteiger partial charge in [-0.15, -0.1) is 0 Å². The smallest absolute Gasteiger partial charge is 0.270 e. The third kappa shape index (κ3) is 4.47. The number of rotatable bonds is 4. The molecule has 4 rings (SSSR count). The minimum Gasteiger partial charge on any atom is -0.318 e. The highest BCUT2D eigenvalue weighted by atomic mass is 79.9. The molecule has 1 saturated heterocycles. The van der Waals surface area contributed by atoms with Crippen molar-refractivity contribution in [2.45, 2.75) is 18.7 Å². The highest BCUT2D eigenvalue weighted by Gasteiger charge is 2.34. The van der Waals surface area contributed by atoms with Gasteiger partial charge in [0, 0.05) is 21.5 Å². The molecule has 1 aromatic heterocycles. The van der Waals surface area contributed by atoms with Gasteiger partial charge in [-0.3, -0.25) is 19.8 Å². The molecule has 0 aliphatic carbocycles. The molecule has 3 aromatic rings. The lowest BCUT2D eigenvalue weighted by Crippen LogP contribution is -2.54. The predicted octanol–water partition coefficient (Wildman–Crippen LogP) is 3.34. The van der Waals surface area contributed by atoms with E-state index >= 15 is 0 Å². The number of primary sulfonamides is 1. The lowest BCUT2D eigenvalue weighted by atomic mass is 10.1. The van der Waals surface area contributed by atoms with E-state index in [-0.39, 0.29) is 15.6 Å². The number of thiocarbonyl (C=S) groups is 1. The zero-order chi connectivity index (χ0) is 24.8. The van der Waals surface area contributed by atoms with Crippen LogP contribution in [0.5, 0.6) is 0 Å². The van der Waals surface area contributed by atoms with Crippen LogP contribution in [0.3, 0.4) is 0 Å². The number of aromatic nitrogens is 1. The largest absolute Gasteiger partial charge is 0.318 e. The topological polar surface area (TPSA) is 114 Å². The van der Waals surface area contributed by atoms with Crippen molar-refractivity contribution in [1.82, 2.24) is 9.88 Å². The van der Waals surface area contributed by atoms with Crippen molar-refractivity contribution >= 4 is 66.9 Å². The van der Waals surface area contributed by atoms with E-state index in [2.05, 4.69) is 21.2 Å². The van der Waals surface area contributed by atoms with Crippen LogP contribution in [-0.2, 0) is 19.6 Å². The third-order valence-electron chi connectivity index (χ3n) is 5.36. The second kappa shape index (κ2) is 8.91. The number of halogens is 1. The van der Waals surface area contributed by atoms with Crippen molar-refractivity contribution in [3.05, 3.63) is 81.6 Å². The van der Waals surface area contributed by atoms with Crippen LogP contribution in [-0.4, -0.2) is 29.9 Å². The first-order valence-corrected chi connectivity index (χ1v) is 12.7. The fourth-order valence-corrected chi connectivity index (χ4v) is 4.96. The molecule has 1 fully saturated rings. The molecule has 0 unspecified atom stereocenters. The summed E-state index contributed by atoms with van der Waals surface area (Å²) in [6.45, 7) is 3.71. The summed E-state index contributed by atoms with van der Waals surface area (Å²) in [4.78, 5) is 27.2. The molecule has 1 aliphatic rings. The van der Waals surface area contributed by atoms with Crippen molar-refractivity contribution in [1.29, 1.82) is 0 Å². The number of anilines is 1. The normalized spacial score (nSPS) is 15.7. The molecule has 0 saturated carbocycles. The molecule has 2 heterocycles. The highest BCUT2D eigenvalue weighted by Crippen LogP contribution is 2.27. The summed E-state index contributed by atoms with van der Waals surface area (Å²) in [6, 6.07) is 15.0. The molecule has 0 bridgehead atoms. The monoisotopic (exact) mass is 558 g/mol. The predicted molar refractivity (Wildman–Crippen MR) is 137 cm³/mol. The third-order valence-corrected chi connectivity index (χ3v) is 7.07. The summed E-state index contributed by atoms with van der Waals surface area (Å²) in [5.41, 5.74) is 3.43. The van der Waals surface area contributed by atoms with E-state index in [1.165, 1.54) is 23.1 Å². The van der Waals surface area contributed by atoms with E-state index in [1.807, 2.05) is 30.5 Å². The molecular formula is C23H19BrN4O4S2. The maximum absolute atomic E-state index is 13.3. The Morgan fingerprint density at radius 2 is 1.71 bits per heavy atom. The van der Waals surface area contributed by atoms with Crippen molar-refractivity contribution in [2.24, 2.45) is 5.14 Å². The van der Waals surface area contributed by atoms with Crippen LogP contribution in [0.4, 0.5) is 5.69 Å². The van der Waals surface area contributed by atoms with Crippen molar-refractivity contribution in [3.63, 3.8) is 0 Å². The Labute approximate surface area is 210 Å². The van der Waals surface area contributed by atoms with E-state index in [9.17, 15) is 18.0 Å². The molecule has 0 spiro atoms. The molecule has 8 nitrogen and oxygen atoms in total. The van der Waals surface area contributed by atoms with Gasteiger partial charge in [0.15, 0.2) is 5.11 Å². The number of benzene rings is 2. The summed E-state index contributed by atoms with van der Waals surface area (Å²) in [6.07, 6.45) is 1.53. The molecule has 3 N–H and O–H groups in total. The van der Waals surface area contributed by atoms with Gasteiger partial charge >= 0.3 is 0 Å². The van der Waals surface area contributed by atoms with E-state index in [4.69, 9.17) is 17.4 Å². The van der Waals surface area contributed by atoms with Crippen molar-refractivity contribution in [2.75, 3.05) is 4.90 Å². The van der Waals surface area contributed by atoms with Gasteiger partial charge < -0.3 is 4.57 Å². The Hall–Kier alpha value is -3.12. The van der Waals surface area contributed by atoms with E-state index in [0.717, 1.165) is 15.9 Å². The average molecular weight is 559 g/mol. The first kappa shape index (κ1) is 24.0. The molecule has 1 aliphatic heterocycles. The second-order valence-electron chi connectivity index (χ2n) is 7.64. The Balaban J connectivity index is 1.74. The van der Waals surface area contributed by atoms with Gasteiger partial charge in [0.1, 0.15) is 5.57 Å². The first-order chi connectivity index (χ1) is 16.0. The van der Waals surface area contributed by atoms with Crippen LogP contribution in [0.15, 0.2) is 69.5 Å². The van der Waals surface area contributed by atoms with Crippen LogP contribution in [0.1, 0.15) is 17.0 Å². The van der Waals surface area contributed by atoms with E-state index in [1.54, 1.807) is 30.3 Å². The second-order valence-corrected chi connectivity index (χ2v) is 10.5. The summed E-state index contributed by atoms with van der Waals surface area (Å²) in [7, 11) is -3.80. The van der Waals surface area contributed by atoms with Crippen LogP contribution in [0.25, 0.3) is 11.8 Å². The van der Waals surface area contributed by atoms with Crippen LogP contribution in [0, 0.1) is 13.8 Å². The number of hydrogen-bond donors (Lipinski definition) is 2. The van der Waals surface area contributed by atoms with Gasteiger partial charge in [0.25, 0.3) is 11.8 Å². The van der Waals surface area contributed by atoms with Crippen molar-refractivity contribution < 1.29 is 18.0 Å². The number of sulfonamides is 1. The maximum Gasteiger partial charge on any atom is 0.270 e. The average Bonchev–Trinajstić information content (AvgIpc) is 3.03. The molecular weight excluding hydrogens is 540 g/mol. The van der Waals surface area contributed by atoms with Crippen molar-refractivity contribution in [3.8, 4) is 5.69 Å².